The van der Waals surface area contributed by atoms with Gasteiger partial charge in [-0.1, -0.05) is 18.9 Å². The molecule has 1 saturated carbocycles. The Morgan fingerprint density at radius 2 is 2.22 bits per heavy atom. The molecular weight excluding hydrogens is 227 g/mol. The van der Waals surface area contributed by atoms with Crippen LogP contribution in [0.3, 0.4) is 0 Å². The molecule has 3 rings (SSSR count). The molecule has 2 aliphatic rings. The molecule has 18 heavy (non-hydrogen) atoms. The third-order valence-electron chi connectivity index (χ3n) is 4.46. The lowest BCUT2D eigenvalue weighted by Crippen LogP contribution is -2.51. The maximum Gasteiger partial charge on any atom is 0.125 e. The highest BCUT2D eigenvalue weighted by Crippen LogP contribution is 2.42. The molecule has 2 N–H and O–H groups in total. The van der Waals surface area contributed by atoms with Crippen molar-refractivity contribution >= 4 is 5.69 Å². The zero-order chi connectivity index (χ0) is 12.8. The lowest BCUT2D eigenvalue weighted by atomic mass is 9.92. The van der Waals surface area contributed by atoms with E-state index in [1.807, 2.05) is 6.07 Å². The van der Waals surface area contributed by atoms with E-state index in [-0.39, 0.29) is 11.4 Å². The predicted octanol–water partition coefficient (Wildman–Crippen LogP) is 2.71. The number of anilines is 1. The molecule has 1 aliphatic carbocycles. The molecule has 1 unspecified atom stereocenters. The molecule has 1 heterocycles. The number of nitrogens with zero attached hydrogens (tertiary/aromatic N) is 1. The number of benzene rings is 1. The summed E-state index contributed by atoms with van der Waals surface area (Å²) in [6.07, 6.45) is 4.81. The SMILES string of the molecule is CC(CN)(CC1CC1)N1CCc2ccc(F)cc21. The fourth-order valence-corrected chi connectivity index (χ4v) is 3.16. The van der Waals surface area contributed by atoms with Gasteiger partial charge in [0.15, 0.2) is 0 Å². The summed E-state index contributed by atoms with van der Waals surface area (Å²) in [7, 11) is 0. The molecule has 0 aromatic heterocycles. The Kier molecular flexibility index (Phi) is 2.81. The zero-order valence-corrected chi connectivity index (χ0v) is 11.0. The minimum absolute atomic E-state index is 0.0137. The van der Waals surface area contributed by atoms with Crippen molar-refractivity contribution in [2.24, 2.45) is 11.7 Å². The van der Waals surface area contributed by atoms with E-state index in [4.69, 9.17) is 5.73 Å². The fourth-order valence-electron chi connectivity index (χ4n) is 3.16. The minimum atomic E-state index is -0.147. The van der Waals surface area contributed by atoms with E-state index in [0.29, 0.717) is 6.54 Å². The van der Waals surface area contributed by atoms with E-state index in [1.54, 1.807) is 12.1 Å². The van der Waals surface area contributed by atoms with Crippen LogP contribution in [0.25, 0.3) is 0 Å². The molecule has 0 saturated heterocycles. The molecule has 1 aromatic carbocycles. The van der Waals surface area contributed by atoms with Gasteiger partial charge in [-0.25, -0.2) is 4.39 Å². The Labute approximate surface area is 108 Å². The fraction of sp³-hybridized carbons (Fsp3) is 0.600. The average molecular weight is 248 g/mol. The summed E-state index contributed by atoms with van der Waals surface area (Å²) in [6.45, 7) is 3.84. The van der Waals surface area contributed by atoms with Crippen LogP contribution in [0.2, 0.25) is 0 Å². The molecule has 0 bridgehead atoms. The van der Waals surface area contributed by atoms with Crippen molar-refractivity contribution in [1.82, 2.24) is 0 Å². The highest BCUT2D eigenvalue weighted by atomic mass is 19.1. The summed E-state index contributed by atoms with van der Waals surface area (Å²) >= 11 is 0. The van der Waals surface area contributed by atoms with Crippen molar-refractivity contribution in [2.45, 2.75) is 38.1 Å². The number of rotatable bonds is 4. The molecule has 1 aliphatic heterocycles. The molecule has 0 amide bonds. The van der Waals surface area contributed by atoms with Crippen molar-refractivity contribution in [1.29, 1.82) is 0 Å². The van der Waals surface area contributed by atoms with Crippen LogP contribution in [0.15, 0.2) is 18.2 Å². The van der Waals surface area contributed by atoms with Crippen LogP contribution in [-0.2, 0) is 6.42 Å². The number of fused-ring (bicyclic) bond motifs is 1. The quantitative estimate of drug-likeness (QED) is 0.887. The van der Waals surface area contributed by atoms with Gasteiger partial charge in [0, 0.05) is 24.3 Å². The second-order valence-corrected chi connectivity index (χ2v) is 6.02. The van der Waals surface area contributed by atoms with Gasteiger partial charge in [0.25, 0.3) is 0 Å². The van der Waals surface area contributed by atoms with Gasteiger partial charge in [-0.2, -0.15) is 0 Å². The summed E-state index contributed by atoms with van der Waals surface area (Å²) in [5.74, 6) is 0.683. The van der Waals surface area contributed by atoms with Crippen molar-refractivity contribution in [3.05, 3.63) is 29.6 Å². The second kappa shape index (κ2) is 4.23. The van der Waals surface area contributed by atoms with E-state index in [9.17, 15) is 4.39 Å². The summed E-state index contributed by atoms with van der Waals surface area (Å²) in [4.78, 5) is 2.34. The van der Waals surface area contributed by atoms with E-state index in [0.717, 1.165) is 31.0 Å². The van der Waals surface area contributed by atoms with Crippen molar-refractivity contribution in [3.63, 3.8) is 0 Å². The smallest absolute Gasteiger partial charge is 0.125 e. The Hall–Kier alpha value is -1.09. The topological polar surface area (TPSA) is 29.3 Å². The van der Waals surface area contributed by atoms with E-state index < -0.39 is 0 Å². The molecule has 0 spiro atoms. The molecular formula is C15H21FN2. The van der Waals surface area contributed by atoms with E-state index >= 15 is 0 Å². The van der Waals surface area contributed by atoms with Crippen LogP contribution < -0.4 is 10.6 Å². The first-order chi connectivity index (χ1) is 8.62. The van der Waals surface area contributed by atoms with Crippen LogP contribution >= 0.6 is 0 Å². The Bertz CT molecular complexity index is 456. The molecule has 1 atom stereocenters. The second-order valence-electron chi connectivity index (χ2n) is 6.02. The van der Waals surface area contributed by atoms with Crippen LogP contribution in [0.1, 0.15) is 31.7 Å². The van der Waals surface area contributed by atoms with Crippen LogP contribution in [-0.4, -0.2) is 18.6 Å². The van der Waals surface area contributed by atoms with Gasteiger partial charge in [-0.15, -0.1) is 0 Å². The number of halogens is 1. The van der Waals surface area contributed by atoms with Crippen molar-refractivity contribution in [3.8, 4) is 0 Å². The molecule has 2 nitrogen and oxygen atoms in total. The maximum absolute atomic E-state index is 13.4. The minimum Gasteiger partial charge on any atom is -0.364 e. The van der Waals surface area contributed by atoms with Gasteiger partial charge in [0.05, 0.1) is 0 Å². The highest BCUT2D eigenvalue weighted by molar-refractivity contribution is 5.60. The van der Waals surface area contributed by atoms with Crippen LogP contribution in [0.4, 0.5) is 10.1 Å². The first kappa shape index (κ1) is 12.0. The lowest BCUT2D eigenvalue weighted by Gasteiger charge is -2.40. The van der Waals surface area contributed by atoms with Crippen LogP contribution in [0, 0.1) is 11.7 Å². The van der Waals surface area contributed by atoms with E-state index in [2.05, 4.69) is 11.8 Å². The largest absolute Gasteiger partial charge is 0.364 e. The number of hydrogen-bond donors (Lipinski definition) is 1. The first-order valence-electron chi connectivity index (χ1n) is 6.88. The monoisotopic (exact) mass is 248 g/mol. The number of hydrogen-bond acceptors (Lipinski definition) is 2. The van der Waals surface area contributed by atoms with Gasteiger partial charge in [-0.05, 0) is 43.4 Å². The van der Waals surface area contributed by atoms with Crippen molar-refractivity contribution < 1.29 is 4.39 Å². The maximum atomic E-state index is 13.4. The Morgan fingerprint density at radius 3 is 2.89 bits per heavy atom. The summed E-state index contributed by atoms with van der Waals surface area (Å²) < 4.78 is 13.4. The normalized spacial score (nSPS) is 21.8. The molecule has 1 fully saturated rings. The van der Waals surface area contributed by atoms with Gasteiger partial charge in [0.2, 0.25) is 0 Å². The third kappa shape index (κ3) is 2.01. The predicted molar refractivity (Wildman–Crippen MR) is 72.3 cm³/mol. The van der Waals surface area contributed by atoms with Crippen LogP contribution in [0.5, 0.6) is 0 Å². The molecule has 98 valence electrons. The van der Waals surface area contributed by atoms with Gasteiger partial charge >= 0.3 is 0 Å². The average Bonchev–Trinajstić information content (AvgIpc) is 3.06. The third-order valence-corrected chi connectivity index (χ3v) is 4.46. The standard InChI is InChI=1S/C15H21FN2/c1-15(10-17,9-11-2-3-11)18-7-6-12-4-5-13(16)8-14(12)18/h4-5,8,11H,2-3,6-7,9-10,17H2,1H3. The van der Waals surface area contributed by atoms with Gasteiger partial charge in [-0.3, -0.25) is 0 Å². The first-order valence-corrected chi connectivity index (χ1v) is 6.88. The van der Waals surface area contributed by atoms with Gasteiger partial charge < -0.3 is 10.6 Å². The molecule has 0 radical (unpaired) electrons. The summed E-state index contributed by atoms with van der Waals surface area (Å²) in [5, 5.41) is 0. The number of nitrogens with two attached hydrogens (primary N) is 1. The van der Waals surface area contributed by atoms with E-state index in [1.165, 1.54) is 18.4 Å². The van der Waals surface area contributed by atoms with Crippen molar-refractivity contribution in [2.75, 3.05) is 18.0 Å². The lowest BCUT2D eigenvalue weighted by molar-refractivity contribution is 0.386. The Balaban J connectivity index is 1.90. The zero-order valence-electron chi connectivity index (χ0n) is 11.0. The summed E-state index contributed by atoms with van der Waals surface area (Å²) in [5.41, 5.74) is 8.32. The molecule has 3 heteroatoms. The van der Waals surface area contributed by atoms with Gasteiger partial charge in [0.1, 0.15) is 5.82 Å². The summed E-state index contributed by atoms with van der Waals surface area (Å²) in [6, 6.07) is 5.14. The molecule has 1 aromatic rings. The highest BCUT2D eigenvalue weighted by Gasteiger charge is 2.39. The Morgan fingerprint density at radius 1 is 1.44 bits per heavy atom.